The van der Waals surface area contributed by atoms with Gasteiger partial charge in [-0.1, -0.05) is 13.8 Å². The number of rotatable bonds is 4. The van der Waals surface area contributed by atoms with Crippen LogP contribution in [0.1, 0.15) is 33.1 Å². The lowest BCUT2D eigenvalue weighted by Crippen LogP contribution is -2.46. The van der Waals surface area contributed by atoms with Crippen LogP contribution in [0.2, 0.25) is 0 Å². The Morgan fingerprint density at radius 2 is 2.18 bits per heavy atom. The van der Waals surface area contributed by atoms with Gasteiger partial charge in [0.25, 0.3) is 0 Å². The summed E-state index contributed by atoms with van der Waals surface area (Å²) in [6.45, 7) is 4.66. The quantitative estimate of drug-likeness (QED) is 0.641. The molecule has 2 nitrogen and oxygen atoms in total. The molecule has 11 heavy (non-hydrogen) atoms. The zero-order valence-corrected chi connectivity index (χ0v) is 7.51. The van der Waals surface area contributed by atoms with E-state index in [1.165, 1.54) is 12.8 Å². The van der Waals surface area contributed by atoms with Gasteiger partial charge in [-0.05, 0) is 25.2 Å². The third-order valence-electron chi connectivity index (χ3n) is 2.56. The van der Waals surface area contributed by atoms with Gasteiger partial charge >= 0.3 is 0 Å². The fourth-order valence-electron chi connectivity index (χ4n) is 1.67. The Kier molecular flexibility index (Phi) is 3.34. The number of aliphatic hydroxyl groups is 1. The smallest absolute Gasteiger partial charge is 0.0584 e. The lowest BCUT2D eigenvalue weighted by atomic mass is 9.81. The van der Waals surface area contributed by atoms with E-state index >= 15 is 0 Å². The summed E-state index contributed by atoms with van der Waals surface area (Å²) in [4.78, 5) is 0. The average molecular weight is 157 g/mol. The Labute approximate surface area is 69.0 Å². The van der Waals surface area contributed by atoms with Gasteiger partial charge in [-0.3, -0.25) is 0 Å². The first-order chi connectivity index (χ1) is 5.26. The Balaban J connectivity index is 2.09. The summed E-state index contributed by atoms with van der Waals surface area (Å²) in [5.74, 6) is 0.892. The Morgan fingerprint density at radius 1 is 1.55 bits per heavy atom. The second-order valence-electron chi connectivity index (χ2n) is 3.73. The number of aliphatic hydroxyl groups excluding tert-OH is 1. The van der Waals surface area contributed by atoms with E-state index in [2.05, 4.69) is 19.2 Å². The van der Waals surface area contributed by atoms with Crippen molar-refractivity contribution < 1.29 is 5.11 Å². The molecule has 0 aromatic rings. The normalized spacial score (nSPS) is 33.0. The molecule has 0 radical (unpaired) electrons. The van der Waals surface area contributed by atoms with E-state index in [1.807, 2.05) is 0 Å². The second-order valence-corrected chi connectivity index (χ2v) is 3.73. The summed E-state index contributed by atoms with van der Waals surface area (Å²) in [7, 11) is 0. The highest BCUT2D eigenvalue weighted by molar-refractivity contribution is 4.84. The molecule has 0 aromatic carbocycles. The standard InChI is InChI=1S/C9H19NO/c1-3-8(6-11)10-9-4-7(2)5-9/h7-11H,3-6H2,1-2H3/t7?,8-,9?/m1/s1. The molecule has 0 aromatic heterocycles. The van der Waals surface area contributed by atoms with Gasteiger partial charge < -0.3 is 10.4 Å². The minimum absolute atomic E-state index is 0.279. The molecule has 0 bridgehead atoms. The van der Waals surface area contributed by atoms with Crippen molar-refractivity contribution in [1.29, 1.82) is 0 Å². The first-order valence-corrected chi connectivity index (χ1v) is 4.63. The summed E-state index contributed by atoms with van der Waals surface area (Å²) in [6.07, 6.45) is 3.61. The summed E-state index contributed by atoms with van der Waals surface area (Å²) >= 11 is 0. The zero-order chi connectivity index (χ0) is 8.27. The summed E-state index contributed by atoms with van der Waals surface area (Å²) < 4.78 is 0. The maximum absolute atomic E-state index is 8.90. The van der Waals surface area contributed by atoms with Crippen molar-refractivity contribution >= 4 is 0 Å². The molecular weight excluding hydrogens is 138 g/mol. The van der Waals surface area contributed by atoms with Crippen molar-refractivity contribution in [3.8, 4) is 0 Å². The van der Waals surface area contributed by atoms with Crippen LogP contribution in [0.5, 0.6) is 0 Å². The molecule has 0 unspecified atom stereocenters. The molecule has 1 saturated carbocycles. The van der Waals surface area contributed by atoms with Gasteiger partial charge in [0.05, 0.1) is 6.61 Å². The average Bonchev–Trinajstić information content (AvgIpc) is 1.96. The second kappa shape index (κ2) is 4.07. The van der Waals surface area contributed by atoms with Crippen molar-refractivity contribution in [2.45, 2.75) is 45.2 Å². The van der Waals surface area contributed by atoms with Crippen LogP contribution < -0.4 is 5.32 Å². The highest BCUT2D eigenvalue weighted by atomic mass is 16.3. The first kappa shape index (κ1) is 9.01. The van der Waals surface area contributed by atoms with E-state index in [9.17, 15) is 0 Å². The minimum Gasteiger partial charge on any atom is -0.395 e. The molecule has 0 saturated heterocycles. The van der Waals surface area contributed by atoms with Crippen molar-refractivity contribution in [3.63, 3.8) is 0 Å². The molecule has 1 atom stereocenters. The largest absolute Gasteiger partial charge is 0.395 e. The molecular formula is C9H19NO. The van der Waals surface area contributed by atoms with Crippen LogP contribution >= 0.6 is 0 Å². The number of hydrogen-bond donors (Lipinski definition) is 2. The van der Waals surface area contributed by atoms with E-state index in [4.69, 9.17) is 5.11 Å². The molecule has 1 fully saturated rings. The zero-order valence-electron chi connectivity index (χ0n) is 7.51. The van der Waals surface area contributed by atoms with Gasteiger partial charge in [0.15, 0.2) is 0 Å². The molecule has 2 heteroatoms. The number of nitrogens with one attached hydrogen (secondary N) is 1. The van der Waals surface area contributed by atoms with Crippen LogP contribution in [0.15, 0.2) is 0 Å². The molecule has 1 rings (SSSR count). The van der Waals surface area contributed by atoms with Crippen molar-refractivity contribution in [1.82, 2.24) is 5.32 Å². The Hall–Kier alpha value is -0.0800. The van der Waals surface area contributed by atoms with Crippen LogP contribution in [0.4, 0.5) is 0 Å². The van der Waals surface area contributed by atoms with Crippen molar-refractivity contribution in [3.05, 3.63) is 0 Å². The van der Waals surface area contributed by atoms with E-state index in [0.717, 1.165) is 12.3 Å². The maximum atomic E-state index is 8.90. The molecule has 0 amide bonds. The molecule has 1 aliphatic rings. The molecule has 66 valence electrons. The summed E-state index contributed by atoms with van der Waals surface area (Å²) in [5.41, 5.74) is 0. The van der Waals surface area contributed by atoms with E-state index in [-0.39, 0.29) is 6.61 Å². The highest BCUT2D eigenvalue weighted by Crippen LogP contribution is 2.26. The number of hydrogen-bond acceptors (Lipinski definition) is 2. The molecule has 0 spiro atoms. The summed E-state index contributed by atoms with van der Waals surface area (Å²) in [6, 6.07) is 1.01. The van der Waals surface area contributed by atoms with E-state index in [0.29, 0.717) is 12.1 Å². The maximum Gasteiger partial charge on any atom is 0.0584 e. The van der Waals surface area contributed by atoms with Crippen LogP contribution in [-0.2, 0) is 0 Å². The van der Waals surface area contributed by atoms with Crippen LogP contribution in [0.3, 0.4) is 0 Å². The van der Waals surface area contributed by atoms with Gasteiger partial charge in [0.2, 0.25) is 0 Å². The van der Waals surface area contributed by atoms with Gasteiger partial charge in [-0.25, -0.2) is 0 Å². The van der Waals surface area contributed by atoms with Crippen LogP contribution in [0, 0.1) is 5.92 Å². The molecule has 1 aliphatic carbocycles. The predicted molar refractivity (Wildman–Crippen MR) is 46.5 cm³/mol. The van der Waals surface area contributed by atoms with Crippen LogP contribution in [-0.4, -0.2) is 23.8 Å². The fraction of sp³-hybridized carbons (Fsp3) is 1.00. The van der Waals surface area contributed by atoms with Gasteiger partial charge in [0.1, 0.15) is 0 Å². The first-order valence-electron chi connectivity index (χ1n) is 4.63. The van der Waals surface area contributed by atoms with Gasteiger partial charge in [-0.2, -0.15) is 0 Å². The SMILES string of the molecule is CC[C@H](CO)NC1CC(C)C1. The van der Waals surface area contributed by atoms with Gasteiger partial charge in [-0.15, -0.1) is 0 Å². The third kappa shape index (κ3) is 2.46. The monoisotopic (exact) mass is 157 g/mol. The van der Waals surface area contributed by atoms with Gasteiger partial charge in [0, 0.05) is 12.1 Å². The minimum atomic E-state index is 0.279. The van der Waals surface area contributed by atoms with Crippen molar-refractivity contribution in [2.75, 3.05) is 6.61 Å². The Morgan fingerprint density at radius 3 is 2.55 bits per heavy atom. The van der Waals surface area contributed by atoms with E-state index < -0.39 is 0 Å². The van der Waals surface area contributed by atoms with Crippen molar-refractivity contribution in [2.24, 2.45) is 5.92 Å². The van der Waals surface area contributed by atoms with E-state index in [1.54, 1.807) is 0 Å². The molecule has 0 aliphatic heterocycles. The predicted octanol–water partition coefficient (Wildman–Crippen LogP) is 1.15. The summed E-state index contributed by atoms with van der Waals surface area (Å²) in [5, 5.41) is 12.3. The lowest BCUT2D eigenvalue weighted by molar-refractivity contribution is 0.175. The highest BCUT2D eigenvalue weighted by Gasteiger charge is 2.26. The van der Waals surface area contributed by atoms with Crippen LogP contribution in [0.25, 0.3) is 0 Å². The lowest BCUT2D eigenvalue weighted by Gasteiger charge is -2.35. The fourth-order valence-corrected chi connectivity index (χ4v) is 1.67. The Bertz CT molecular complexity index is 106. The molecule has 2 N–H and O–H groups in total. The third-order valence-corrected chi connectivity index (χ3v) is 2.56. The topological polar surface area (TPSA) is 32.3 Å². The molecule has 0 heterocycles.